The number of nitrogens with two attached hydrogens (primary N) is 1. The molecule has 1 unspecified atom stereocenters. The summed E-state index contributed by atoms with van der Waals surface area (Å²) in [6, 6.07) is 8.14. The summed E-state index contributed by atoms with van der Waals surface area (Å²) in [5, 5.41) is 6.37. The van der Waals surface area contributed by atoms with Crippen LogP contribution in [0.3, 0.4) is 0 Å². The number of hydrogen-bond donors (Lipinski definition) is 1. The number of pyridine rings is 1. The highest BCUT2D eigenvalue weighted by Gasteiger charge is 2.22. The molecular weight excluding hydrogens is 214 g/mol. The van der Waals surface area contributed by atoms with E-state index in [1.165, 1.54) is 0 Å². The average Bonchev–Trinajstić information content (AvgIpc) is 2.87. The van der Waals surface area contributed by atoms with E-state index in [0.717, 1.165) is 28.5 Å². The second kappa shape index (κ2) is 4.14. The third-order valence-electron chi connectivity index (χ3n) is 2.98. The molecule has 1 atom stereocenters. The Morgan fingerprint density at radius 2 is 2.18 bits per heavy atom. The van der Waals surface area contributed by atoms with Gasteiger partial charge in [0.15, 0.2) is 0 Å². The first-order valence-electron chi connectivity index (χ1n) is 5.64. The molecule has 17 heavy (non-hydrogen) atoms. The monoisotopic (exact) mass is 227 g/mol. The number of benzene rings is 1. The van der Waals surface area contributed by atoms with Gasteiger partial charge in [-0.05, 0) is 5.39 Å². The summed E-state index contributed by atoms with van der Waals surface area (Å²) in [6.45, 7) is 0.491. The SMILES string of the molecule is NCC1CC(c2cncc3ccccc23)=NO1. The summed E-state index contributed by atoms with van der Waals surface area (Å²) in [5.41, 5.74) is 7.55. The van der Waals surface area contributed by atoms with Gasteiger partial charge in [-0.3, -0.25) is 4.98 Å². The number of hydrogen-bond acceptors (Lipinski definition) is 4. The van der Waals surface area contributed by atoms with E-state index in [9.17, 15) is 0 Å². The van der Waals surface area contributed by atoms with Gasteiger partial charge in [-0.15, -0.1) is 0 Å². The van der Waals surface area contributed by atoms with Crippen molar-refractivity contribution >= 4 is 16.5 Å². The molecule has 0 saturated carbocycles. The topological polar surface area (TPSA) is 60.5 Å². The van der Waals surface area contributed by atoms with Gasteiger partial charge in [0.1, 0.15) is 6.10 Å². The molecule has 1 aliphatic heterocycles. The van der Waals surface area contributed by atoms with Gasteiger partial charge in [0.2, 0.25) is 0 Å². The van der Waals surface area contributed by atoms with Gasteiger partial charge >= 0.3 is 0 Å². The smallest absolute Gasteiger partial charge is 0.145 e. The Kier molecular flexibility index (Phi) is 2.49. The first-order chi connectivity index (χ1) is 8.38. The van der Waals surface area contributed by atoms with Crippen molar-refractivity contribution in [2.75, 3.05) is 6.54 Å². The zero-order valence-corrected chi connectivity index (χ0v) is 9.34. The zero-order chi connectivity index (χ0) is 11.7. The summed E-state index contributed by atoms with van der Waals surface area (Å²) in [6.07, 6.45) is 4.45. The van der Waals surface area contributed by atoms with E-state index in [4.69, 9.17) is 10.6 Å². The molecule has 1 aromatic heterocycles. The van der Waals surface area contributed by atoms with Crippen LogP contribution in [-0.4, -0.2) is 23.3 Å². The van der Waals surface area contributed by atoms with Crippen LogP contribution in [-0.2, 0) is 4.84 Å². The van der Waals surface area contributed by atoms with Gasteiger partial charge in [-0.25, -0.2) is 0 Å². The van der Waals surface area contributed by atoms with Crippen molar-refractivity contribution in [2.45, 2.75) is 12.5 Å². The Balaban J connectivity index is 2.07. The Morgan fingerprint density at radius 3 is 3.00 bits per heavy atom. The predicted octanol–water partition coefficient (Wildman–Crippen LogP) is 1.69. The minimum Gasteiger partial charge on any atom is -0.390 e. The van der Waals surface area contributed by atoms with Gasteiger partial charge in [-0.1, -0.05) is 29.4 Å². The summed E-state index contributed by atoms with van der Waals surface area (Å²) in [4.78, 5) is 9.49. The lowest BCUT2D eigenvalue weighted by Crippen LogP contribution is -2.20. The normalized spacial score (nSPS) is 19.1. The largest absolute Gasteiger partial charge is 0.390 e. The van der Waals surface area contributed by atoms with Crippen LogP contribution in [0.25, 0.3) is 10.8 Å². The molecule has 0 bridgehead atoms. The van der Waals surface area contributed by atoms with Crippen LogP contribution in [0, 0.1) is 0 Å². The van der Waals surface area contributed by atoms with Gasteiger partial charge in [0.05, 0.1) is 5.71 Å². The summed E-state index contributed by atoms with van der Waals surface area (Å²) in [5.74, 6) is 0. The van der Waals surface area contributed by atoms with Crippen molar-refractivity contribution in [3.8, 4) is 0 Å². The van der Waals surface area contributed by atoms with Crippen molar-refractivity contribution in [3.05, 3.63) is 42.2 Å². The number of nitrogens with zero attached hydrogens (tertiary/aromatic N) is 2. The Hall–Kier alpha value is -1.94. The van der Waals surface area contributed by atoms with E-state index in [0.29, 0.717) is 6.54 Å². The van der Waals surface area contributed by atoms with Crippen LogP contribution in [0.4, 0.5) is 0 Å². The van der Waals surface area contributed by atoms with E-state index in [1.54, 1.807) is 0 Å². The molecule has 2 aromatic rings. The van der Waals surface area contributed by atoms with Crippen molar-refractivity contribution < 1.29 is 4.84 Å². The van der Waals surface area contributed by atoms with Gasteiger partial charge in [-0.2, -0.15) is 0 Å². The molecule has 1 aliphatic rings. The predicted molar refractivity (Wildman–Crippen MR) is 66.8 cm³/mol. The summed E-state index contributed by atoms with van der Waals surface area (Å²) < 4.78 is 0. The van der Waals surface area contributed by atoms with Crippen LogP contribution in [0.2, 0.25) is 0 Å². The Labute approximate surface area is 99.1 Å². The van der Waals surface area contributed by atoms with Crippen LogP contribution in [0.1, 0.15) is 12.0 Å². The Morgan fingerprint density at radius 1 is 1.29 bits per heavy atom. The Bertz CT molecular complexity index is 574. The van der Waals surface area contributed by atoms with E-state index >= 15 is 0 Å². The van der Waals surface area contributed by atoms with E-state index in [1.807, 2.05) is 30.6 Å². The molecule has 4 heteroatoms. The number of aromatic nitrogens is 1. The molecule has 2 heterocycles. The minimum atomic E-state index is 0.00367. The number of oxime groups is 1. The second-order valence-electron chi connectivity index (χ2n) is 4.11. The molecule has 0 radical (unpaired) electrons. The van der Waals surface area contributed by atoms with Crippen LogP contribution in [0.5, 0.6) is 0 Å². The minimum absolute atomic E-state index is 0.00367. The standard InChI is InChI=1S/C13H13N3O/c14-6-10-5-13(16-17-10)12-8-15-7-9-3-1-2-4-11(9)12/h1-4,7-8,10H,5-6,14H2. The molecule has 2 N–H and O–H groups in total. The first-order valence-corrected chi connectivity index (χ1v) is 5.64. The molecule has 0 fully saturated rings. The van der Waals surface area contributed by atoms with Crippen LogP contribution < -0.4 is 5.73 Å². The van der Waals surface area contributed by atoms with Crippen molar-refractivity contribution in [1.29, 1.82) is 0 Å². The van der Waals surface area contributed by atoms with Gasteiger partial charge < -0.3 is 10.6 Å². The maximum Gasteiger partial charge on any atom is 0.145 e. The number of rotatable bonds is 2. The molecule has 0 spiro atoms. The molecule has 0 saturated heterocycles. The van der Waals surface area contributed by atoms with Crippen molar-refractivity contribution in [1.82, 2.24) is 4.98 Å². The molecular formula is C13H13N3O. The fourth-order valence-corrected chi connectivity index (χ4v) is 2.06. The molecule has 0 amide bonds. The maximum absolute atomic E-state index is 5.57. The quantitative estimate of drug-likeness (QED) is 0.849. The summed E-state index contributed by atoms with van der Waals surface area (Å²) in [7, 11) is 0. The van der Waals surface area contributed by atoms with Crippen molar-refractivity contribution in [2.24, 2.45) is 10.9 Å². The lowest BCUT2D eigenvalue weighted by molar-refractivity contribution is 0.0918. The molecule has 0 aliphatic carbocycles. The lowest BCUT2D eigenvalue weighted by Gasteiger charge is -2.05. The third-order valence-corrected chi connectivity index (χ3v) is 2.98. The summed E-state index contributed by atoms with van der Waals surface area (Å²) >= 11 is 0. The highest BCUT2D eigenvalue weighted by molar-refractivity contribution is 6.10. The fourth-order valence-electron chi connectivity index (χ4n) is 2.06. The third kappa shape index (κ3) is 1.76. The van der Waals surface area contributed by atoms with Crippen LogP contribution >= 0.6 is 0 Å². The second-order valence-corrected chi connectivity index (χ2v) is 4.11. The highest BCUT2D eigenvalue weighted by atomic mass is 16.6. The molecule has 1 aromatic carbocycles. The van der Waals surface area contributed by atoms with Crippen LogP contribution in [0.15, 0.2) is 41.8 Å². The van der Waals surface area contributed by atoms with Gasteiger partial charge in [0, 0.05) is 36.3 Å². The van der Waals surface area contributed by atoms with E-state index < -0.39 is 0 Å². The zero-order valence-electron chi connectivity index (χ0n) is 9.34. The van der Waals surface area contributed by atoms with E-state index in [-0.39, 0.29) is 6.10 Å². The number of fused-ring (bicyclic) bond motifs is 1. The highest BCUT2D eigenvalue weighted by Crippen LogP contribution is 2.22. The fraction of sp³-hybridized carbons (Fsp3) is 0.231. The molecule has 4 nitrogen and oxygen atoms in total. The van der Waals surface area contributed by atoms with Crippen molar-refractivity contribution in [3.63, 3.8) is 0 Å². The molecule has 86 valence electrons. The molecule has 3 rings (SSSR count). The maximum atomic E-state index is 5.57. The first kappa shape index (κ1) is 10.2. The average molecular weight is 227 g/mol. The lowest BCUT2D eigenvalue weighted by atomic mass is 10.0. The van der Waals surface area contributed by atoms with E-state index in [2.05, 4.69) is 16.2 Å². The van der Waals surface area contributed by atoms with Gasteiger partial charge in [0.25, 0.3) is 0 Å².